The summed E-state index contributed by atoms with van der Waals surface area (Å²) in [6.07, 6.45) is 1.23. The van der Waals surface area contributed by atoms with E-state index in [0.717, 1.165) is 45.2 Å². The van der Waals surface area contributed by atoms with Gasteiger partial charge in [-0.2, -0.15) is 10.1 Å². The van der Waals surface area contributed by atoms with Crippen molar-refractivity contribution in [2.45, 2.75) is 12.1 Å². The number of nitrogens with zero attached hydrogens (tertiary/aromatic N) is 3. The molecular formula is C26H22N4O3. The molecule has 3 heterocycles. The molecule has 0 aliphatic carbocycles. The van der Waals surface area contributed by atoms with Gasteiger partial charge >= 0.3 is 0 Å². The summed E-state index contributed by atoms with van der Waals surface area (Å²) in [4.78, 5) is 4.48. The van der Waals surface area contributed by atoms with Gasteiger partial charge in [-0.15, -0.1) is 0 Å². The van der Waals surface area contributed by atoms with Gasteiger partial charge < -0.3 is 19.5 Å². The first-order valence-corrected chi connectivity index (χ1v) is 10.7. The third kappa shape index (κ3) is 3.12. The van der Waals surface area contributed by atoms with Crippen LogP contribution in [0.5, 0.6) is 17.2 Å². The van der Waals surface area contributed by atoms with E-state index >= 15 is 0 Å². The zero-order chi connectivity index (χ0) is 22.4. The van der Waals surface area contributed by atoms with Crippen LogP contribution in [0.25, 0.3) is 5.70 Å². The van der Waals surface area contributed by atoms with Gasteiger partial charge in [0.1, 0.15) is 35.7 Å². The van der Waals surface area contributed by atoms with Gasteiger partial charge in [-0.1, -0.05) is 36.4 Å². The Labute approximate surface area is 191 Å². The number of aromatic nitrogens is 3. The summed E-state index contributed by atoms with van der Waals surface area (Å²) in [6.45, 7) is 0. The van der Waals surface area contributed by atoms with E-state index in [2.05, 4.69) is 39.7 Å². The van der Waals surface area contributed by atoms with Crippen LogP contribution in [0.2, 0.25) is 0 Å². The predicted molar refractivity (Wildman–Crippen MR) is 125 cm³/mol. The molecule has 6 rings (SSSR count). The quantitative estimate of drug-likeness (QED) is 0.491. The number of hydrogen-bond acceptors (Lipinski definition) is 6. The van der Waals surface area contributed by atoms with Gasteiger partial charge in [-0.05, 0) is 42.0 Å². The number of methoxy groups -OCH3 is 2. The van der Waals surface area contributed by atoms with Crippen molar-refractivity contribution in [1.82, 2.24) is 14.8 Å². The van der Waals surface area contributed by atoms with Crippen molar-refractivity contribution in [1.29, 1.82) is 0 Å². The third-order valence-corrected chi connectivity index (χ3v) is 6.15. The Balaban J connectivity index is 1.60. The summed E-state index contributed by atoms with van der Waals surface area (Å²) in [6, 6.07) is 23.9. The van der Waals surface area contributed by atoms with Gasteiger partial charge in [-0.25, -0.2) is 4.68 Å². The molecule has 0 spiro atoms. The Bertz CT molecular complexity index is 1360. The van der Waals surface area contributed by atoms with Gasteiger partial charge in [-0.3, -0.25) is 0 Å². The second-order valence-electron chi connectivity index (χ2n) is 7.93. The standard InChI is InChI=1S/C26H22N4O3/c1-31-18-12-10-16(11-13-18)24-22-23(29-26-27-15-28-30(24)26)20-8-3-4-9-21(20)33-25(22)17-6-5-7-19(14-17)32-2/h3-15,24-25H,1-2H3,(H,27,28,29)/t24-,25+/m1/s1. The SMILES string of the molecule is COc1ccc([C@@H]2C3=C(Nc4ncnn42)c2ccccc2O[C@H]3c2cccc(OC)c2)cc1. The van der Waals surface area contributed by atoms with E-state index in [1.165, 1.54) is 0 Å². The van der Waals surface area contributed by atoms with Crippen LogP contribution in [-0.2, 0) is 0 Å². The van der Waals surface area contributed by atoms with E-state index in [0.29, 0.717) is 5.95 Å². The lowest BCUT2D eigenvalue weighted by Crippen LogP contribution is -2.32. The smallest absolute Gasteiger partial charge is 0.226 e. The summed E-state index contributed by atoms with van der Waals surface area (Å²) in [5.41, 5.74) is 5.11. The predicted octanol–water partition coefficient (Wildman–Crippen LogP) is 4.86. The lowest BCUT2D eigenvalue weighted by Gasteiger charge is -2.39. The Hall–Kier alpha value is -4.26. The van der Waals surface area contributed by atoms with E-state index in [1.807, 2.05) is 53.2 Å². The first-order chi connectivity index (χ1) is 16.3. The molecule has 0 bridgehead atoms. The fourth-order valence-corrected chi connectivity index (χ4v) is 4.60. The lowest BCUT2D eigenvalue weighted by molar-refractivity contribution is 0.222. The number of anilines is 1. The number of hydrogen-bond donors (Lipinski definition) is 1. The average molecular weight is 438 g/mol. The number of para-hydroxylation sites is 1. The normalized spacial score (nSPS) is 18.4. The van der Waals surface area contributed by atoms with E-state index in [1.54, 1.807) is 20.5 Å². The molecule has 0 amide bonds. The molecule has 4 aromatic rings. The van der Waals surface area contributed by atoms with Crippen molar-refractivity contribution in [3.8, 4) is 17.2 Å². The summed E-state index contributed by atoms with van der Waals surface area (Å²) in [5, 5.41) is 8.08. The van der Waals surface area contributed by atoms with Crippen LogP contribution < -0.4 is 19.5 Å². The number of benzene rings is 3. The zero-order valence-electron chi connectivity index (χ0n) is 18.2. The molecule has 7 heteroatoms. The highest BCUT2D eigenvalue weighted by Gasteiger charge is 2.40. The number of fused-ring (bicyclic) bond motifs is 3. The minimum atomic E-state index is -0.345. The first kappa shape index (κ1) is 19.4. The highest BCUT2D eigenvalue weighted by atomic mass is 16.5. The maximum Gasteiger partial charge on any atom is 0.226 e. The summed E-state index contributed by atoms with van der Waals surface area (Å²) in [7, 11) is 3.34. The molecule has 2 aliphatic rings. The highest BCUT2D eigenvalue weighted by Crippen LogP contribution is 2.50. The maximum atomic E-state index is 6.64. The topological polar surface area (TPSA) is 70.4 Å². The van der Waals surface area contributed by atoms with Crippen molar-refractivity contribution >= 4 is 11.6 Å². The molecule has 33 heavy (non-hydrogen) atoms. The molecule has 0 radical (unpaired) electrons. The molecule has 1 aromatic heterocycles. The summed E-state index contributed by atoms with van der Waals surface area (Å²) in [5.74, 6) is 3.09. The van der Waals surface area contributed by atoms with E-state index in [4.69, 9.17) is 14.2 Å². The molecule has 2 aliphatic heterocycles. The first-order valence-electron chi connectivity index (χ1n) is 10.7. The van der Waals surface area contributed by atoms with Crippen molar-refractivity contribution < 1.29 is 14.2 Å². The van der Waals surface area contributed by atoms with Crippen LogP contribution in [0.3, 0.4) is 0 Å². The zero-order valence-corrected chi connectivity index (χ0v) is 18.2. The summed E-state index contributed by atoms with van der Waals surface area (Å²) >= 11 is 0. The largest absolute Gasteiger partial charge is 0.497 e. The van der Waals surface area contributed by atoms with Crippen LogP contribution in [0, 0.1) is 0 Å². The molecule has 0 saturated heterocycles. The molecule has 0 unspecified atom stereocenters. The van der Waals surface area contributed by atoms with Crippen molar-refractivity contribution in [3.05, 3.63) is 101 Å². The second-order valence-corrected chi connectivity index (χ2v) is 7.93. The van der Waals surface area contributed by atoms with Crippen molar-refractivity contribution in [3.63, 3.8) is 0 Å². The molecule has 164 valence electrons. The molecule has 1 N–H and O–H groups in total. The Morgan fingerprint density at radius 3 is 2.52 bits per heavy atom. The van der Waals surface area contributed by atoms with Crippen LogP contribution in [0.4, 0.5) is 5.95 Å². The minimum Gasteiger partial charge on any atom is -0.497 e. The van der Waals surface area contributed by atoms with Gasteiger partial charge in [0.05, 0.1) is 19.9 Å². The fourth-order valence-electron chi connectivity index (χ4n) is 4.60. The Kier molecular flexibility index (Phi) is 4.54. The molecule has 7 nitrogen and oxygen atoms in total. The van der Waals surface area contributed by atoms with Gasteiger partial charge in [0.15, 0.2) is 0 Å². The fraction of sp³-hybridized carbons (Fsp3) is 0.154. The second kappa shape index (κ2) is 7.70. The lowest BCUT2D eigenvalue weighted by atomic mass is 9.84. The molecule has 0 saturated carbocycles. The molecular weight excluding hydrogens is 416 g/mol. The Morgan fingerprint density at radius 2 is 1.70 bits per heavy atom. The van der Waals surface area contributed by atoms with Gasteiger partial charge in [0.2, 0.25) is 5.95 Å². The maximum absolute atomic E-state index is 6.64. The third-order valence-electron chi connectivity index (χ3n) is 6.15. The average Bonchev–Trinajstić information content (AvgIpc) is 3.35. The summed E-state index contributed by atoms with van der Waals surface area (Å²) < 4.78 is 19.4. The van der Waals surface area contributed by atoms with Crippen molar-refractivity contribution in [2.24, 2.45) is 0 Å². The van der Waals surface area contributed by atoms with Crippen LogP contribution in [0.1, 0.15) is 28.8 Å². The highest BCUT2D eigenvalue weighted by molar-refractivity contribution is 5.85. The number of rotatable bonds is 4. The van der Waals surface area contributed by atoms with Crippen LogP contribution >= 0.6 is 0 Å². The minimum absolute atomic E-state index is 0.214. The van der Waals surface area contributed by atoms with E-state index < -0.39 is 0 Å². The molecule has 2 atom stereocenters. The van der Waals surface area contributed by atoms with E-state index in [9.17, 15) is 0 Å². The number of ether oxygens (including phenoxy) is 3. The Morgan fingerprint density at radius 1 is 0.879 bits per heavy atom. The molecule has 3 aromatic carbocycles. The van der Waals surface area contributed by atoms with Crippen LogP contribution in [0.15, 0.2) is 84.7 Å². The van der Waals surface area contributed by atoms with Gasteiger partial charge in [0, 0.05) is 16.7 Å². The van der Waals surface area contributed by atoms with Crippen molar-refractivity contribution in [2.75, 3.05) is 19.5 Å². The monoisotopic (exact) mass is 438 g/mol. The van der Waals surface area contributed by atoms with Crippen LogP contribution in [-0.4, -0.2) is 29.0 Å². The number of nitrogens with one attached hydrogen (secondary N) is 1. The van der Waals surface area contributed by atoms with Gasteiger partial charge in [0.25, 0.3) is 0 Å². The molecule has 0 fully saturated rings. The van der Waals surface area contributed by atoms with E-state index in [-0.39, 0.29) is 12.1 Å².